The Hall–Kier alpha value is -2.40. The highest BCUT2D eigenvalue weighted by Crippen LogP contribution is 2.55. The maximum Gasteiger partial charge on any atom is 0.218 e. The Morgan fingerprint density at radius 1 is 1.39 bits per heavy atom. The molecule has 3 N–H and O–H groups in total. The molecule has 1 heterocycles. The number of amides is 1. The fourth-order valence-corrected chi connectivity index (χ4v) is 4.79. The van der Waals surface area contributed by atoms with E-state index in [1.165, 1.54) is 7.11 Å². The molecule has 1 spiro atoms. The van der Waals surface area contributed by atoms with Gasteiger partial charge in [-0.15, -0.1) is 0 Å². The molecule has 1 aliphatic heterocycles. The number of benzene rings is 2. The molecule has 1 saturated carbocycles. The Labute approximate surface area is 169 Å². The monoisotopic (exact) mass is 401 g/mol. The summed E-state index contributed by atoms with van der Waals surface area (Å²) in [6.45, 7) is 0. The van der Waals surface area contributed by atoms with Gasteiger partial charge in [0.2, 0.25) is 5.91 Å². The van der Waals surface area contributed by atoms with Crippen molar-refractivity contribution < 1.29 is 19.4 Å². The van der Waals surface area contributed by atoms with Crippen LogP contribution in [-0.4, -0.2) is 23.7 Å². The third kappa shape index (κ3) is 3.28. The van der Waals surface area contributed by atoms with Crippen molar-refractivity contribution in [1.29, 1.82) is 0 Å². The largest absolute Gasteiger partial charge is 0.504 e. The third-order valence-electron chi connectivity index (χ3n) is 6.11. The van der Waals surface area contributed by atoms with Gasteiger partial charge in [-0.25, -0.2) is 0 Å². The number of halogens is 1. The van der Waals surface area contributed by atoms with Crippen molar-refractivity contribution in [2.45, 2.75) is 49.5 Å². The zero-order valence-electron chi connectivity index (χ0n) is 15.8. The molecule has 5 nitrogen and oxygen atoms in total. The number of ether oxygens (including phenoxy) is 2. The van der Waals surface area contributed by atoms with E-state index in [9.17, 15) is 9.90 Å². The number of rotatable bonds is 5. The summed E-state index contributed by atoms with van der Waals surface area (Å²) in [7, 11) is 1.51. The number of carbonyl (C=O) groups excluding carboxylic acids is 1. The molecule has 4 rings (SSSR count). The number of nitrogens with two attached hydrogens (primary N) is 1. The Bertz CT molecular complexity index is 909. The van der Waals surface area contributed by atoms with Gasteiger partial charge in [-0.05, 0) is 61.4 Å². The van der Waals surface area contributed by atoms with Crippen molar-refractivity contribution in [3.63, 3.8) is 0 Å². The first-order chi connectivity index (χ1) is 13.4. The van der Waals surface area contributed by atoms with Gasteiger partial charge in [-0.2, -0.15) is 0 Å². The number of primary amides is 1. The molecule has 2 aromatic rings. The number of hydrogen-bond acceptors (Lipinski definition) is 4. The summed E-state index contributed by atoms with van der Waals surface area (Å²) in [5.41, 5.74) is 7.02. The molecule has 1 amide bonds. The summed E-state index contributed by atoms with van der Waals surface area (Å²) in [4.78, 5) is 12.0. The first-order valence-corrected chi connectivity index (χ1v) is 9.93. The predicted octanol–water partition coefficient (Wildman–Crippen LogP) is 4.50. The van der Waals surface area contributed by atoms with Crippen LogP contribution in [0.15, 0.2) is 36.4 Å². The van der Waals surface area contributed by atoms with E-state index in [0.717, 1.165) is 37.0 Å². The van der Waals surface area contributed by atoms with Crippen molar-refractivity contribution in [1.82, 2.24) is 0 Å². The summed E-state index contributed by atoms with van der Waals surface area (Å²) in [5.74, 6) is 0.472. The molecular weight excluding hydrogens is 378 g/mol. The minimum Gasteiger partial charge on any atom is -0.504 e. The van der Waals surface area contributed by atoms with Gasteiger partial charge in [0.15, 0.2) is 11.5 Å². The van der Waals surface area contributed by atoms with Crippen molar-refractivity contribution in [2.75, 3.05) is 7.11 Å². The van der Waals surface area contributed by atoms with Gasteiger partial charge in [-0.3, -0.25) is 4.79 Å². The number of phenolic OH excluding ortho intramolecular Hbond substituents is 1. The number of phenols is 1. The SMILES string of the molecule is COc1cccc(C(CC(N)=O)C2CC3(CCC3)Oc3ccc(Cl)cc32)c1O. The van der Waals surface area contributed by atoms with Crippen LogP contribution < -0.4 is 15.2 Å². The van der Waals surface area contributed by atoms with Crippen molar-refractivity contribution in [3.05, 3.63) is 52.5 Å². The summed E-state index contributed by atoms with van der Waals surface area (Å²) < 4.78 is 11.6. The van der Waals surface area contributed by atoms with E-state index in [1.807, 2.05) is 30.3 Å². The van der Waals surface area contributed by atoms with Gasteiger partial charge >= 0.3 is 0 Å². The highest BCUT2D eigenvalue weighted by molar-refractivity contribution is 6.30. The fraction of sp³-hybridized carbons (Fsp3) is 0.409. The minimum absolute atomic E-state index is 0.0479. The summed E-state index contributed by atoms with van der Waals surface area (Å²) in [5, 5.41) is 11.4. The molecule has 148 valence electrons. The van der Waals surface area contributed by atoms with Gasteiger partial charge in [-0.1, -0.05) is 23.7 Å². The number of fused-ring (bicyclic) bond motifs is 1. The second-order valence-electron chi connectivity index (χ2n) is 7.81. The lowest BCUT2D eigenvalue weighted by Gasteiger charge is -2.49. The van der Waals surface area contributed by atoms with Crippen LogP contribution in [0.25, 0.3) is 0 Å². The van der Waals surface area contributed by atoms with Crippen LogP contribution in [0.1, 0.15) is 55.1 Å². The summed E-state index contributed by atoms with van der Waals surface area (Å²) >= 11 is 6.28. The Balaban J connectivity index is 1.84. The van der Waals surface area contributed by atoms with Gasteiger partial charge < -0.3 is 20.3 Å². The van der Waals surface area contributed by atoms with Crippen LogP contribution in [0.5, 0.6) is 17.2 Å². The molecule has 0 saturated heterocycles. The lowest BCUT2D eigenvalue weighted by atomic mass is 9.66. The fourth-order valence-electron chi connectivity index (χ4n) is 4.61. The molecule has 2 aromatic carbocycles. The summed E-state index contributed by atoms with van der Waals surface area (Å²) in [6, 6.07) is 11.0. The maximum absolute atomic E-state index is 12.0. The van der Waals surface area contributed by atoms with Crippen LogP contribution in [0.2, 0.25) is 5.02 Å². The van der Waals surface area contributed by atoms with Crippen molar-refractivity contribution in [3.8, 4) is 17.2 Å². The summed E-state index contributed by atoms with van der Waals surface area (Å²) in [6.07, 6.45) is 3.97. The predicted molar refractivity (Wildman–Crippen MR) is 107 cm³/mol. The number of methoxy groups -OCH3 is 1. The number of aromatic hydroxyl groups is 1. The topological polar surface area (TPSA) is 81.8 Å². The standard InChI is InChI=1S/C22H24ClNO4/c1-27-19-5-2-4-14(21(19)26)15(11-20(24)25)17-12-22(8-3-9-22)28-18-7-6-13(23)10-16(17)18/h2,4-7,10,15,17,26H,3,8-9,11-12H2,1H3,(H2,24,25). The molecule has 2 atom stereocenters. The van der Waals surface area contributed by atoms with Crippen LogP contribution in [-0.2, 0) is 4.79 Å². The molecule has 0 aromatic heterocycles. The van der Waals surface area contributed by atoms with Gasteiger partial charge in [0, 0.05) is 22.9 Å². The van der Waals surface area contributed by atoms with Gasteiger partial charge in [0.1, 0.15) is 11.4 Å². The average molecular weight is 402 g/mol. The Kier molecular flexibility index (Phi) is 4.88. The highest BCUT2D eigenvalue weighted by Gasteiger charge is 2.48. The number of carbonyl (C=O) groups is 1. The first-order valence-electron chi connectivity index (χ1n) is 9.55. The molecule has 6 heteroatoms. The molecule has 1 aliphatic carbocycles. The molecule has 2 aliphatic rings. The molecular formula is C22H24ClNO4. The van der Waals surface area contributed by atoms with E-state index in [1.54, 1.807) is 6.07 Å². The first kappa shape index (κ1) is 18.9. The normalized spacial score (nSPS) is 20.6. The van der Waals surface area contributed by atoms with Crippen LogP contribution >= 0.6 is 11.6 Å². The maximum atomic E-state index is 12.0. The quantitative estimate of drug-likeness (QED) is 0.772. The van der Waals surface area contributed by atoms with Crippen LogP contribution in [0, 0.1) is 0 Å². The third-order valence-corrected chi connectivity index (χ3v) is 6.35. The van der Waals surface area contributed by atoms with Crippen molar-refractivity contribution >= 4 is 17.5 Å². The second kappa shape index (κ2) is 7.21. The van der Waals surface area contributed by atoms with E-state index in [4.69, 9.17) is 26.8 Å². The molecule has 28 heavy (non-hydrogen) atoms. The smallest absolute Gasteiger partial charge is 0.218 e. The Morgan fingerprint density at radius 2 is 2.18 bits per heavy atom. The number of para-hydroxylation sites is 1. The van der Waals surface area contributed by atoms with Gasteiger partial charge in [0.05, 0.1) is 7.11 Å². The molecule has 0 radical (unpaired) electrons. The van der Waals surface area contributed by atoms with E-state index < -0.39 is 5.91 Å². The van der Waals surface area contributed by atoms with E-state index in [-0.39, 0.29) is 29.6 Å². The van der Waals surface area contributed by atoms with E-state index in [2.05, 4.69) is 0 Å². The van der Waals surface area contributed by atoms with E-state index in [0.29, 0.717) is 16.3 Å². The zero-order valence-corrected chi connectivity index (χ0v) is 16.5. The zero-order chi connectivity index (χ0) is 19.9. The highest BCUT2D eigenvalue weighted by atomic mass is 35.5. The Morgan fingerprint density at radius 3 is 2.82 bits per heavy atom. The van der Waals surface area contributed by atoms with Crippen LogP contribution in [0.3, 0.4) is 0 Å². The van der Waals surface area contributed by atoms with Crippen LogP contribution in [0.4, 0.5) is 0 Å². The number of hydrogen-bond donors (Lipinski definition) is 2. The lowest BCUT2D eigenvalue weighted by molar-refractivity contribution is -0.118. The molecule has 1 fully saturated rings. The molecule has 0 bridgehead atoms. The van der Waals surface area contributed by atoms with E-state index >= 15 is 0 Å². The van der Waals surface area contributed by atoms with Crippen molar-refractivity contribution in [2.24, 2.45) is 5.73 Å². The molecule has 2 unspecified atom stereocenters. The van der Waals surface area contributed by atoms with Gasteiger partial charge in [0.25, 0.3) is 0 Å². The minimum atomic E-state index is -0.412. The average Bonchev–Trinajstić information content (AvgIpc) is 2.64. The second-order valence-corrected chi connectivity index (χ2v) is 8.24. The lowest BCUT2D eigenvalue weighted by Crippen LogP contribution is -2.47.